The second-order valence-corrected chi connectivity index (χ2v) is 14.0. The summed E-state index contributed by atoms with van der Waals surface area (Å²) in [5, 5.41) is 10.6. The van der Waals surface area contributed by atoms with Gasteiger partial charge >= 0.3 is 0 Å². The van der Waals surface area contributed by atoms with Crippen molar-refractivity contribution in [1.29, 1.82) is 0 Å². The summed E-state index contributed by atoms with van der Waals surface area (Å²) in [6.45, 7) is 0. The maximum atomic E-state index is 5.20. The van der Waals surface area contributed by atoms with E-state index in [1.165, 1.54) is 48.8 Å². The zero-order valence-corrected chi connectivity index (χ0v) is 29.2. The van der Waals surface area contributed by atoms with Gasteiger partial charge in [0.1, 0.15) is 0 Å². The number of nitrogens with zero attached hydrogens (tertiary/aromatic N) is 3. The zero-order valence-electron chi connectivity index (χ0n) is 29.2. The van der Waals surface area contributed by atoms with Gasteiger partial charge in [0.05, 0.1) is 33.6 Å². The van der Waals surface area contributed by atoms with Crippen LogP contribution in [0.3, 0.4) is 0 Å². The van der Waals surface area contributed by atoms with Gasteiger partial charge in [-0.25, -0.2) is 15.0 Å². The van der Waals surface area contributed by atoms with Gasteiger partial charge in [0.2, 0.25) is 0 Å². The Bertz CT molecular complexity index is 3240. The first-order valence-corrected chi connectivity index (χ1v) is 18.3. The average molecular weight is 686 g/mol. The van der Waals surface area contributed by atoms with Crippen LogP contribution in [0.1, 0.15) is 0 Å². The van der Waals surface area contributed by atoms with E-state index in [0.29, 0.717) is 0 Å². The molecule has 8 aromatic carbocycles. The maximum Gasteiger partial charge on any atom is 0.0972 e. The monoisotopic (exact) mass is 685 g/mol. The molecule has 0 saturated carbocycles. The van der Waals surface area contributed by atoms with Gasteiger partial charge in [-0.15, -0.1) is 0 Å². The molecule has 3 heterocycles. The Morgan fingerprint density at radius 2 is 0.815 bits per heavy atom. The first-order chi connectivity index (χ1) is 26.7. The molecule has 250 valence electrons. The van der Waals surface area contributed by atoms with Crippen molar-refractivity contribution in [2.45, 2.75) is 0 Å². The molecule has 3 aromatic heterocycles. The molecule has 0 fully saturated rings. The summed E-state index contributed by atoms with van der Waals surface area (Å²) in [5.41, 5.74) is 11.4. The van der Waals surface area contributed by atoms with Crippen molar-refractivity contribution in [3.8, 4) is 44.9 Å². The fraction of sp³-hybridized carbons (Fsp3) is 0. The zero-order chi connectivity index (χ0) is 35.6. The fourth-order valence-corrected chi connectivity index (χ4v) is 8.05. The third-order valence-corrected chi connectivity index (χ3v) is 10.8. The van der Waals surface area contributed by atoms with Crippen molar-refractivity contribution in [2.75, 3.05) is 0 Å². The number of hydrogen-bond acceptors (Lipinski definition) is 3. The topological polar surface area (TPSA) is 38.7 Å². The summed E-state index contributed by atoms with van der Waals surface area (Å²) in [4.78, 5) is 15.5. The van der Waals surface area contributed by atoms with Crippen LogP contribution in [0.2, 0.25) is 0 Å². The molecule has 0 unspecified atom stereocenters. The largest absolute Gasteiger partial charge is 0.247 e. The predicted molar refractivity (Wildman–Crippen MR) is 227 cm³/mol. The first-order valence-electron chi connectivity index (χ1n) is 18.3. The Morgan fingerprint density at radius 3 is 1.57 bits per heavy atom. The van der Waals surface area contributed by atoms with E-state index >= 15 is 0 Å². The molecule has 0 aliphatic rings. The summed E-state index contributed by atoms with van der Waals surface area (Å²) in [6.07, 6.45) is 0. The van der Waals surface area contributed by atoms with Gasteiger partial charge in [-0.2, -0.15) is 0 Å². The van der Waals surface area contributed by atoms with E-state index in [-0.39, 0.29) is 0 Å². The van der Waals surface area contributed by atoms with Gasteiger partial charge in [-0.3, -0.25) is 0 Å². The number of rotatable bonds is 4. The van der Waals surface area contributed by atoms with Crippen LogP contribution in [0, 0.1) is 0 Å². The third-order valence-electron chi connectivity index (χ3n) is 10.8. The van der Waals surface area contributed by atoms with E-state index < -0.39 is 0 Å². The molecule has 0 N–H and O–H groups in total. The minimum atomic E-state index is 0.918. The molecule has 0 bridgehead atoms. The van der Waals surface area contributed by atoms with Crippen LogP contribution in [0.25, 0.3) is 110 Å². The molecule has 0 spiro atoms. The van der Waals surface area contributed by atoms with Crippen molar-refractivity contribution in [3.63, 3.8) is 0 Å². The Morgan fingerprint density at radius 1 is 0.278 bits per heavy atom. The standard InChI is InChI=1S/C51H31N3/c1-2-9-34(10-3-1)45-28-25-36-18-19-37-26-29-46(53-51(37)50(36)52-45)41-23-22-39-30-38(20-21-40(39)31-41)32-14-16-35(17-15-32)49-44-27-24-33-8-4-5-11-42(33)48(44)43-12-6-7-13-47(43)54-49/h1-31H. The second kappa shape index (κ2) is 12.2. The molecule has 0 amide bonds. The van der Waals surface area contributed by atoms with Crippen LogP contribution >= 0.6 is 0 Å². The summed E-state index contributed by atoms with van der Waals surface area (Å²) in [6, 6.07) is 66.8. The number of para-hydroxylation sites is 1. The van der Waals surface area contributed by atoms with Gasteiger partial charge < -0.3 is 0 Å². The molecular formula is C51H31N3. The van der Waals surface area contributed by atoms with Crippen molar-refractivity contribution < 1.29 is 0 Å². The highest BCUT2D eigenvalue weighted by molar-refractivity contribution is 6.22. The Hall–Kier alpha value is -7.23. The van der Waals surface area contributed by atoms with Crippen molar-refractivity contribution in [2.24, 2.45) is 0 Å². The molecule has 54 heavy (non-hydrogen) atoms. The van der Waals surface area contributed by atoms with E-state index in [9.17, 15) is 0 Å². The molecule has 0 saturated heterocycles. The van der Waals surface area contributed by atoms with E-state index in [0.717, 1.165) is 61.1 Å². The number of benzene rings is 8. The predicted octanol–water partition coefficient (Wildman–Crippen LogP) is 13.5. The summed E-state index contributed by atoms with van der Waals surface area (Å²) in [7, 11) is 0. The highest BCUT2D eigenvalue weighted by Crippen LogP contribution is 2.38. The number of aromatic nitrogens is 3. The SMILES string of the molecule is c1ccc(-c2ccc3ccc4ccc(-c5ccc6cc(-c7ccc(-c8nc9ccccc9c9c8ccc8ccccc89)cc7)ccc6c5)nc4c3n2)cc1. The number of pyridine rings is 3. The quantitative estimate of drug-likeness (QED) is 0.173. The number of hydrogen-bond donors (Lipinski definition) is 0. The smallest absolute Gasteiger partial charge is 0.0972 e. The maximum absolute atomic E-state index is 5.20. The van der Waals surface area contributed by atoms with E-state index in [1.54, 1.807) is 0 Å². The number of fused-ring (bicyclic) bond motifs is 9. The van der Waals surface area contributed by atoms with Crippen molar-refractivity contribution >= 4 is 65.0 Å². The first kappa shape index (κ1) is 30.4. The molecule has 11 rings (SSSR count). The van der Waals surface area contributed by atoms with Gasteiger partial charge in [0, 0.05) is 43.6 Å². The lowest BCUT2D eigenvalue weighted by molar-refractivity contribution is 1.37. The van der Waals surface area contributed by atoms with Gasteiger partial charge in [-0.1, -0.05) is 158 Å². The second-order valence-electron chi connectivity index (χ2n) is 14.0. The van der Waals surface area contributed by atoms with Gasteiger partial charge in [-0.05, 0) is 63.0 Å². The van der Waals surface area contributed by atoms with E-state index in [2.05, 4.69) is 170 Å². The van der Waals surface area contributed by atoms with Gasteiger partial charge in [0.15, 0.2) is 0 Å². The van der Waals surface area contributed by atoms with Crippen LogP contribution in [-0.2, 0) is 0 Å². The van der Waals surface area contributed by atoms with Crippen LogP contribution < -0.4 is 0 Å². The fourth-order valence-electron chi connectivity index (χ4n) is 8.05. The van der Waals surface area contributed by atoms with Crippen molar-refractivity contribution in [3.05, 3.63) is 188 Å². The molecule has 0 aliphatic carbocycles. The Balaban J connectivity index is 0.941. The average Bonchev–Trinajstić information content (AvgIpc) is 3.25. The Labute approximate surface area is 311 Å². The summed E-state index contributed by atoms with van der Waals surface area (Å²) < 4.78 is 0. The molecule has 0 radical (unpaired) electrons. The third kappa shape index (κ3) is 5.02. The lowest BCUT2D eigenvalue weighted by Gasteiger charge is -2.13. The molecule has 3 nitrogen and oxygen atoms in total. The summed E-state index contributed by atoms with van der Waals surface area (Å²) >= 11 is 0. The molecule has 0 atom stereocenters. The normalized spacial score (nSPS) is 11.7. The van der Waals surface area contributed by atoms with Crippen molar-refractivity contribution in [1.82, 2.24) is 15.0 Å². The molecule has 0 aliphatic heterocycles. The van der Waals surface area contributed by atoms with Crippen LogP contribution in [-0.4, -0.2) is 15.0 Å². The van der Waals surface area contributed by atoms with E-state index in [4.69, 9.17) is 15.0 Å². The molecular weight excluding hydrogens is 655 g/mol. The minimum Gasteiger partial charge on any atom is -0.247 e. The molecule has 3 heteroatoms. The lowest BCUT2D eigenvalue weighted by atomic mass is 9.94. The van der Waals surface area contributed by atoms with E-state index in [1.807, 2.05) is 18.2 Å². The summed E-state index contributed by atoms with van der Waals surface area (Å²) in [5.74, 6) is 0. The van der Waals surface area contributed by atoms with Crippen LogP contribution in [0.4, 0.5) is 0 Å². The van der Waals surface area contributed by atoms with Crippen LogP contribution in [0.5, 0.6) is 0 Å². The highest BCUT2D eigenvalue weighted by Gasteiger charge is 2.14. The minimum absolute atomic E-state index is 0.918. The molecule has 11 aromatic rings. The van der Waals surface area contributed by atoms with Gasteiger partial charge in [0.25, 0.3) is 0 Å². The Kier molecular flexibility index (Phi) is 6.86. The highest BCUT2D eigenvalue weighted by atomic mass is 14.8. The lowest BCUT2D eigenvalue weighted by Crippen LogP contribution is -1.91. The van der Waals surface area contributed by atoms with Crippen LogP contribution in [0.15, 0.2) is 188 Å².